The third-order valence-corrected chi connectivity index (χ3v) is 5.82. The zero-order valence-electron chi connectivity index (χ0n) is 17.8. The number of likely N-dealkylation sites (N-methyl/N-ethyl adjacent to an activating group) is 2. The number of nitrogens with zero attached hydrogens (tertiary/aromatic N) is 6. The number of rotatable bonds is 6. The molecule has 1 atom stereocenters. The average Bonchev–Trinajstić information content (AvgIpc) is 3.38. The fraction of sp³-hybridized carbons (Fsp3) is 0.348. The molecule has 1 aromatic carbocycles. The number of carbonyl (C=O) groups is 1. The molecule has 3 heterocycles. The maximum absolute atomic E-state index is 12.1. The fourth-order valence-corrected chi connectivity index (χ4v) is 3.94. The van der Waals surface area contributed by atoms with Crippen molar-refractivity contribution in [3.05, 3.63) is 60.8 Å². The van der Waals surface area contributed by atoms with Crippen molar-refractivity contribution >= 4 is 28.7 Å². The van der Waals surface area contributed by atoms with Gasteiger partial charge >= 0.3 is 0 Å². The second kappa shape index (κ2) is 8.28. The Bertz CT molecular complexity index is 1060. The van der Waals surface area contributed by atoms with Crippen LogP contribution in [-0.4, -0.2) is 65.6 Å². The van der Waals surface area contributed by atoms with E-state index in [9.17, 15) is 4.79 Å². The van der Waals surface area contributed by atoms with Gasteiger partial charge < -0.3 is 19.3 Å². The summed E-state index contributed by atoms with van der Waals surface area (Å²) in [5, 5.41) is 0. The van der Waals surface area contributed by atoms with Crippen LogP contribution in [0.4, 0.5) is 11.6 Å². The topological polar surface area (TPSA) is 57.5 Å². The Labute approximate surface area is 177 Å². The molecule has 0 spiro atoms. The van der Waals surface area contributed by atoms with Gasteiger partial charge in [-0.1, -0.05) is 36.9 Å². The molecule has 30 heavy (non-hydrogen) atoms. The largest absolute Gasteiger partial charge is 0.341 e. The first-order valence-electron chi connectivity index (χ1n) is 10.2. The number of hydrogen-bond donors (Lipinski definition) is 0. The molecule has 1 saturated heterocycles. The van der Waals surface area contributed by atoms with Gasteiger partial charge in [0.2, 0.25) is 11.9 Å². The lowest BCUT2D eigenvalue weighted by atomic mass is 10.2. The van der Waals surface area contributed by atoms with Crippen LogP contribution in [0.2, 0.25) is 0 Å². The Morgan fingerprint density at radius 2 is 2.03 bits per heavy atom. The SMILES string of the molecule is C=CC(=O)N(C)c1cnc2nc(N3CC[C@@H](N(C)C)C3)n(Cc3ccccc3)c2c1. The molecular formula is C23H28N6O. The molecule has 1 aliphatic heterocycles. The molecule has 0 aliphatic carbocycles. The van der Waals surface area contributed by atoms with Crippen LogP contribution in [0.1, 0.15) is 12.0 Å². The van der Waals surface area contributed by atoms with Crippen molar-refractivity contribution in [1.82, 2.24) is 19.4 Å². The summed E-state index contributed by atoms with van der Waals surface area (Å²) in [5.74, 6) is 0.763. The maximum Gasteiger partial charge on any atom is 0.250 e. The van der Waals surface area contributed by atoms with Crippen molar-refractivity contribution in [3.8, 4) is 0 Å². The predicted molar refractivity (Wildman–Crippen MR) is 121 cm³/mol. The molecule has 0 unspecified atom stereocenters. The van der Waals surface area contributed by atoms with Crippen LogP contribution in [0.25, 0.3) is 11.2 Å². The molecule has 0 saturated carbocycles. The fourth-order valence-electron chi connectivity index (χ4n) is 3.94. The summed E-state index contributed by atoms with van der Waals surface area (Å²) >= 11 is 0. The molecule has 0 radical (unpaired) electrons. The van der Waals surface area contributed by atoms with Crippen LogP contribution in [0.15, 0.2) is 55.3 Å². The third-order valence-electron chi connectivity index (χ3n) is 5.82. The van der Waals surface area contributed by atoms with Crippen LogP contribution in [0.5, 0.6) is 0 Å². The van der Waals surface area contributed by atoms with Crippen molar-refractivity contribution < 1.29 is 4.79 Å². The van der Waals surface area contributed by atoms with Gasteiger partial charge in [-0.15, -0.1) is 0 Å². The van der Waals surface area contributed by atoms with E-state index in [1.54, 1.807) is 18.1 Å². The Morgan fingerprint density at radius 1 is 1.27 bits per heavy atom. The standard InChI is InChI=1S/C23H28N6O/c1-5-21(30)27(4)19-13-20-22(24-14-19)25-23(28-12-11-18(16-28)26(2)3)29(20)15-17-9-7-6-8-10-17/h5-10,13-14,18H,1,11-12,15-16H2,2-4H3/t18-/m1/s1. The summed E-state index contributed by atoms with van der Waals surface area (Å²) in [6.07, 6.45) is 4.11. The first-order valence-corrected chi connectivity index (χ1v) is 10.2. The van der Waals surface area contributed by atoms with Crippen molar-refractivity contribution in [2.45, 2.75) is 19.0 Å². The van der Waals surface area contributed by atoms with Gasteiger partial charge in [-0.25, -0.2) is 4.98 Å². The molecule has 2 aromatic heterocycles. The second-order valence-corrected chi connectivity index (χ2v) is 7.97. The number of imidazole rings is 1. The molecule has 4 rings (SSSR count). The van der Waals surface area contributed by atoms with Crippen LogP contribution >= 0.6 is 0 Å². The highest BCUT2D eigenvalue weighted by atomic mass is 16.2. The molecule has 1 amide bonds. The Morgan fingerprint density at radius 3 is 2.70 bits per heavy atom. The predicted octanol–water partition coefficient (Wildman–Crippen LogP) is 2.77. The molecule has 0 bridgehead atoms. The zero-order valence-corrected chi connectivity index (χ0v) is 17.8. The van der Waals surface area contributed by atoms with E-state index >= 15 is 0 Å². The highest BCUT2D eigenvalue weighted by Crippen LogP contribution is 2.29. The molecule has 156 valence electrons. The van der Waals surface area contributed by atoms with E-state index < -0.39 is 0 Å². The highest BCUT2D eigenvalue weighted by Gasteiger charge is 2.28. The van der Waals surface area contributed by atoms with Crippen LogP contribution in [-0.2, 0) is 11.3 Å². The van der Waals surface area contributed by atoms with Gasteiger partial charge in [-0.05, 0) is 38.2 Å². The van der Waals surface area contributed by atoms with Gasteiger partial charge in [0.1, 0.15) is 0 Å². The van der Waals surface area contributed by atoms with Crippen molar-refractivity contribution in [1.29, 1.82) is 0 Å². The highest BCUT2D eigenvalue weighted by molar-refractivity contribution is 6.01. The number of carbonyl (C=O) groups excluding carboxylic acids is 1. The molecule has 0 N–H and O–H groups in total. The minimum Gasteiger partial charge on any atom is -0.341 e. The van der Waals surface area contributed by atoms with Crippen LogP contribution in [0.3, 0.4) is 0 Å². The van der Waals surface area contributed by atoms with Gasteiger partial charge in [0, 0.05) is 26.2 Å². The summed E-state index contributed by atoms with van der Waals surface area (Å²) < 4.78 is 2.21. The minimum absolute atomic E-state index is 0.168. The van der Waals surface area contributed by atoms with Crippen molar-refractivity contribution in [3.63, 3.8) is 0 Å². The first kappa shape index (κ1) is 20.1. The number of hydrogen-bond acceptors (Lipinski definition) is 5. The quantitative estimate of drug-likeness (QED) is 0.592. The van der Waals surface area contributed by atoms with E-state index in [1.165, 1.54) is 11.6 Å². The van der Waals surface area contributed by atoms with Gasteiger partial charge in [0.25, 0.3) is 0 Å². The van der Waals surface area contributed by atoms with Crippen LogP contribution in [0, 0.1) is 0 Å². The van der Waals surface area contributed by atoms with Gasteiger partial charge in [0.15, 0.2) is 5.65 Å². The van der Waals surface area contributed by atoms with E-state index in [4.69, 9.17) is 4.98 Å². The summed E-state index contributed by atoms with van der Waals surface area (Å²) in [6.45, 7) is 6.17. The van der Waals surface area contributed by atoms with Crippen molar-refractivity contribution in [2.24, 2.45) is 0 Å². The molecule has 3 aromatic rings. The molecule has 7 nitrogen and oxygen atoms in total. The number of fused-ring (bicyclic) bond motifs is 1. The summed E-state index contributed by atoms with van der Waals surface area (Å²) in [5.41, 5.74) is 3.53. The molecular weight excluding hydrogens is 376 g/mol. The first-order chi connectivity index (χ1) is 14.5. The van der Waals surface area contributed by atoms with Gasteiger partial charge in [-0.3, -0.25) is 4.79 Å². The number of amides is 1. The lowest BCUT2D eigenvalue weighted by Gasteiger charge is -2.22. The molecule has 1 fully saturated rings. The summed E-state index contributed by atoms with van der Waals surface area (Å²) in [7, 11) is 5.98. The van der Waals surface area contributed by atoms with Crippen molar-refractivity contribution in [2.75, 3.05) is 44.0 Å². The summed E-state index contributed by atoms with van der Waals surface area (Å²) in [6, 6.07) is 12.9. The smallest absolute Gasteiger partial charge is 0.250 e. The minimum atomic E-state index is -0.168. The van der Waals surface area contributed by atoms with E-state index in [0.29, 0.717) is 18.2 Å². The normalized spacial score (nSPS) is 16.4. The Balaban J connectivity index is 1.79. The number of pyridine rings is 1. The zero-order chi connectivity index (χ0) is 21.3. The lowest BCUT2D eigenvalue weighted by molar-refractivity contribution is -0.113. The van der Waals surface area contributed by atoms with Gasteiger partial charge in [-0.2, -0.15) is 4.98 Å². The van der Waals surface area contributed by atoms with E-state index in [-0.39, 0.29) is 5.91 Å². The second-order valence-electron chi connectivity index (χ2n) is 7.97. The number of benzene rings is 1. The molecule has 1 aliphatic rings. The van der Waals surface area contributed by atoms with Gasteiger partial charge in [0.05, 0.1) is 23.9 Å². The maximum atomic E-state index is 12.1. The Kier molecular flexibility index (Phi) is 5.55. The van der Waals surface area contributed by atoms with E-state index in [0.717, 1.165) is 36.7 Å². The average molecular weight is 405 g/mol. The summed E-state index contributed by atoms with van der Waals surface area (Å²) in [4.78, 5) is 27.7. The monoisotopic (exact) mass is 404 g/mol. The molecule has 7 heteroatoms. The van der Waals surface area contributed by atoms with E-state index in [1.807, 2.05) is 24.3 Å². The number of aromatic nitrogens is 3. The van der Waals surface area contributed by atoms with E-state index in [2.05, 4.69) is 52.2 Å². The van der Waals surface area contributed by atoms with Crippen LogP contribution < -0.4 is 9.80 Å². The third kappa shape index (κ3) is 3.80. The lowest BCUT2D eigenvalue weighted by Crippen LogP contribution is -2.32. The Hall–Kier alpha value is -3.19. The number of anilines is 2.